The molecule has 0 unspecified atom stereocenters. The first-order valence-electron chi connectivity index (χ1n) is 7.61. The molecule has 2 aliphatic rings. The third kappa shape index (κ3) is 3.95. The van der Waals surface area contributed by atoms with E-state index in [0.29, 0.717) is 38.5 Å². The van der Waals surface area contributed by atoms with E-state index in [0.717, 1.165) is 12.8 Å². The van der Waals surface area contributed by atoms with Crippen LogP contribution in [0.2, 0.25) is 0 Å². The Morgan fingerprint density at radius 3 is 2.55 bits per heavy atom. The number of carboxylic acid groups (broad SMARTS) is 1. The molecule has 0 bridgehead atoms. The maximum absolute atomic E-state index is 12.1. The highest BCUT2D eigenvalue weighted by Gasteiger charge is 2.46. The van der Waals surface area contributed by atoms with Crippen molar-refractivity contribution in [3.63, 3.8) is 0 Å². The fraction of sp³-hybridized carbons (Fsp3) is 0.867. The average molecular weight is 283 g/mol. The van der Waals surface area contributed by atoms with Crippen molar-refractivity contribution in [1.29, 1.82) is 0 Å². The molecule has 5 heteroatoms. The summed E-state index contributed by atoms with van der Waals surface area (Å²) in [6, 6.07) is 0. The molecule has 1 saturated heterocycles. The number of likely N-dealkylation sites (tertiary alicyclic amines) is 1. The van der Waals surface area contributed by atoms with Gasteiger partial charge in [0.25, 0.3) is 0 Å². The van der Waals surface area contributed by atoms with E-state index in [1.807, 2.05) is 13.8 Å². The molecule has 20 heavy (non-hydrogen) atoms. The Morgan fingerprint density at radius 1 is 1.30 bits per heavy atom. The second kappa shape index (κ2) is 6.57. The number of hydrogen-bond donors (Lipinski definition) is 1. The summed E-state index contributed by atoms with van der Waals surface area (Å²) in [6.07, 6.45) is 3.60. The van der Waals surface area contributed by atoms with Gasteiger partial charge in [0.15, 0.2) is 0 Å². The van der Waals surface area contributed by atoms with Crippen LogP contribution in [0.25, 0.3) is 0 Å². The van der Waals surface area contributed by atoms with Crippen molar-refractivity contribution in [2.45, 2.75) is 45.6 Å². The molecule has 1 amide bonds. The summed E-state index contributed by atoms with van der Waals surface area (Å²) in [5, 5.41) is 9.28. The molecule has 2 atom stereocenters. The Bertz CT molecular complexity index is 365. The Morgan fingerprint density at radius 2 is 2.00 bits per heavy atom. The zero-order valence-corrected chi connectivity index (χ0v) is 12.4. The zero-order valence-electron chi connectivity index (χ0n) is 12.4. The number of carbonyl (C=O) groups is 2. The summed E-state index contributed by atoms with van der Waals surface area (Å²) in [7, 11) is 0. The molecule has 0 aromatic rings. The lowest BCUT2D eigenvalue weighted by atomic mass is 9.92. The van der Waals surface area contributed by atoms with Crippen LogP contribution in [0.4, 0.5) is 0 Å². The van der Waals surface area contributed by atoms with E-state index in [1.165, 1.54) is 0 Å². The van der Waals surface area contributed by atoms with Crippen molar-refractivity contribution < 1.29 is 19.4 Å². The maximum atomic E-state index is 12.1. The standard InChI is InChI=1S/C15H25NO4/c1-10(2)20-7-3-4-14(17)16-8-12(11-5-6-11)13(9-16)15(18)19/h10-13H,3-9H2,1-2H3,(H,18,19)/t12-,13+/m1/s1. The molecular weight excluding hydrogens is 258 g/mol. The van der Waals surface area contributed by atoms with Gasteiger partial charge in [-0.25, -0.2) is 0 Å². The predicted octanol–water partition coefficient (Wildman–Crippen LogP) is 1.76. The SMILES string of the molecule is CC(C)OCCCC(=O)N1C[C@H](C(=O)O)[C@@H](C2CC2)C1. The van der Waals surface area contributed by atoms with Crippen LogP contribution in [-0.4, -0.2) is 47.7 Å². The van der Waals surface area contributed by atoms with Crippen molar-refractivity contribution in [2.75, 3.05) is 19.7 Å². The summed E-state index contributed by atoms with van der Waals surface area (Å²) in [4.78, 5) is 25.2. The minimum absolute atomic E-state index is 0.0757. The lowest BCUT2D eigenvalue weighted by Crippen LogP contribution is -2.30. The number of rotatable bonds is 7. The first kappa shape index (κ1) is 15.3. The van der Waals surface area contributed by atoms with E-state index in [2.05, 4.69) is 0 Å². The van der Waals surface area contributed by atoms with Crippen LogP contribution in [0.5, 0.6) is 0 Å². The molecule has 0 aromatic heterocycles. The molecule has 2 fully saturated rings. The van der Waals surface area contributed by atoms with Crippen LogP contribution >= 0.6 is 0 Å². The van der Waals surface area contributed by atoms with Crippen LogP contribution < -0.4 is 0 Å². The molecule has 1 aliphatic carbocycles. The van der Waals surface area contributed by atoms with Gasteiger partial charge in [0.2, 0.25) is 5.91 Å². The summed E-state index contributed by atoms with van der Waals surface area (Å²) >= 11 is 0. The van der Waals surface area contributed by atoms with Gasteiger partial charge in [0.1, 0.15) is 0 Å². The third-order valence-corrected chi connectivity index (χ3v) is 4.25. The van der Waals surface area contributed by atoms with Crippen molar-refractivity contribution >= 4 is 11.9 Å². The Hall–Kier alpha value is -1.10. The number of carbonyl (C=O) groups excluding carboxylic acids is 1. The third-order valence-electron chi connectivity index (χ3n) is 4.25. The largest absolute Gasteiger partial charge is 0.481 e. The second-order valence-corrected chi connectivity index (χ2v) is 6.27. The van der Waals surface area contributed by atoms with E-state index in [9.17, 15) is 14.7 Å². The minimum atomic E-state index is -0.750. The molecule has 1 heterocycles. The van der Waals surface area contributed by atoms with Crippen LogP contribution in [0.15, 0.2) is 0 Å². The van der Waals surface area contributed by atoms with Gasteiger partial charge in [-0.3, -0.25) is 9.59 Å². The van der Waals surface area contributed by atoms with Gasteiger partial charge >= 0.3 is 5.97 Å². The molecule has 0 radical (unpaired) electrons. The van der Waals surface area contributed by atoms with Crippen molar-refractivity contribution in [3.8, 4) is 0 Å². The fourth-order valence-electron chi connectivity index (χ4n) is 3.00. The van der Waals surface area contributed by atoms with Crippen molar-refractivity contribution in [2.24, 2.45) is 17.8 Å². The number of aliphatic carboxylic acids is 1. The number of carboxylic acids is 1. The molecule has 114 valence electrons. The molecule has 2 rings (SSSR count). The van der Waals surface area contributed by atoms with Crippen LogP contribution in [0.1, 0.15) is 39.5 Å². The van der Waals surface area contributed by atoms with Gasteiger partial charge in [-0.1, -0.05) is 0 Å². The van der Waals surface area contributed by atoms with Gasteiger partial charge in [-0.2, -0.15) is 0 Å². The summed E-state index contributed by atoms with van der Waals surface area (Å²) in [5.41, 5.74) is 0. The van der Waals surface area contributed by atoms with Crippen molar-refractivity contribution in [1.82, 2.24) is 4.90 Å². The second-order valence-electron chi connectivity index (χ2n) is 6.27. The molecule has 5 nitrogen and oxygen atoms in total. The Labute approximate surface area is 120 Å². The smallest absolute Gasteiger partial charge is 0.308 e. The number of ether oxygens (including phenoxy) is 1. The first-order valence-corrected chi connectivity index (χ1v) is 7.61. The highest BCUT2D eigenvalue weighted by atomic mass is 16.5. The maximum Gasteiger partial charge on any atom is 0.308 e. The van der Waals surface area contributed by atoms with Crippen molar-refractivity contribution in [3.05, 3.63) is 0 Å². The fourth-order valence-corrected chi connectivity index (χ4v) is 3.00. The molecule has 0 spiro atoms. The summed E-state index contributed by atoms with van der Waals surface area (Å²) < 4.78 is 5.42. The minimum Gasteiger partial charge on any atom is -0.481 e. The average Bonchev–Trinajstić information content (AvgIpc) is 3.12. The van der Waals surface area contributed by atoms with E-state index < -0.39 is 5.97 Å². The number of nitrogens with zero attached hydrogens (tertiary/aromatic N) is 1. The van der Waals surface area contributed by atoms with Crippen LogP contribution in [-0.2, 0) is 14.3 Å². The lowest BCUT2D eigenvalue weighted by Gasteiger charge is -2.16. The van der Waals surface area contributed by atoms with Gasteiger partial charge in [0, 0.05) is 26.1 Å². The Balaban J connectivity index is 1.77. The molecular formula is C15H25NO4. The molecule has 1 N–H and O–H groups in total. The molecule has 1 saturated carbocycles. The zero-order chi connectivity index (χ0) is 14.7. The monoisotopic (exact) mass is 283 g/mol. The first-order chi connectivity index (χ1) is 9.49. The number of amides is 1. The van der Waals surface area contributed by atoms with Gasteiger partial charge < -0.3 is 14.7 Å². The number of hydrogen-bond acceptors (Lipinski definition) is 3. The predicted molar refractivity (Wildman–Crippen MR) is 74.2 cm³/mol. The summed E-state index contributed by atoms with van der Waals surface area (Å²) in [6.45, 7) is 5.55. The van der Waals surface area contributed by atoms with Gasteiger partial charge in [0.05, 0.1) is 12.0 Å². The van der Waals surface area contributed by atoms with Crippen LogP contribution in [0, 0.1) is 17.8 Å². The topological polar surface area (TPSA) is 66.8 Å². The van der Waals surface area contributed by atoms with E-state index >= 15 is 0 Å². The highest BCUT2D eigenvalue weighted by molar-refractivity contribution is 5.79. The lowest BCUT2D eigenvalue weighted by molar-refractivity contribution is -0.142. The van der Waals surface area contributed by atoms with E-state index in [4.69, 9.17) is 4.74 Å². The molecule has 1 aliphatic heterocycles. The quantitative estimate of drug-likeness (QED) is 0.723. The van der Waals surface area contributed by atoms with Gasteiger partial charge in [-0.05, 0) is 44.9 Å². The van der Waals surface area contributed by atoms with E-state index in [1.54, 1.807) is 4.90 Å². The van der Waals surface area contributed by atoms with E-state index in [-0.39, 0.29) is 23.8 Å². The van der Waals surface area contributed by atoms with Gasteiger partial charge in [-0.15, -0.1) is 0 Å². The normalized spacial score (nSPS) is 26.2. The molecule has 0 aromatic carbocycles. The summed E-state index contributed by atoms with van der Waals surface area (Å²) in [5.74, 6) is -0.341. The Kier molecular flexibility index (Phi) is 5.02. The van der Waals surface area contributed by atoms with Crippen LogP contribution in [0.3, 0.4) is 0 Å². The highest BCUT2D eigenvalue weighted by Crippen LogP contribution is 2.44.